The molecule has 0 amide bonds. The molecule has 96 valence electrons. The van der Waals surface area contributed by atoms with Crippen molar-refractivity contribution < 1.29 is 13.5 Å². The van der Waals surface area contributed by atoms with E-state index >= 15 is 0 Å². The van der Waals surface area contributed by atoms with Gasteiger partial charge in [0.2, 0.25) is 5.92 Å². The molecular formula is C12H23F2NO. The molecule has 1 rings (SSSR count). The minimum Gasteiger partial charge on any atom is -0.379 e. The summed E-state index contributed by atoms with van der Waals surface area (Å²) in [5.41, 5.74) is 5.34. The second kappa shape index (κ2) is 4.57. The lowest BCUT2D eigenvalue weighted by atomic mass is 9.67. The first-order valence-corrected chi connectivity index (χ1v) is 5.87. The van der Waals surface area contributed by atoms with Crippen LogP contribution in [0.5, 0.6) is 0 Å². The molecule has 0 bridgehead atoms. The topological polar surface area (TPSA) is 35.2 Å². The molecule has 4 heteroatoms. The predicted molar refractivity (Wildman–Crippen MR) is 60.6 cm³/mol. The van der Waals surface area contributed by atoms with Gasteiger partial charge in [0.25, 0.3) is 0 Å². The van der Waals surface area contributed by atoms with Crippen LogP contribution in [0.15, 0.2) is 0 Å². The molecule has 1 fully saturated rings. The largest absolute Gasteiger partial charge is 0.379 e. The van der Waals surface area contributed by atoms with Gasteiger partial charge in [-0.25, -0.2) is 8.78 Å². The van der Waals surface area contributed by atoms with Crippen molar-refractivity contribution in [1.82, 2.24) is 0 Å². The Morgan fingerprint density at radius 1 is 1.19 bits per heavy atom. The van der Waals surface area contributed by atoms with Crippen LogP contribution in [-0.2, 0) is 4.74 Å². The van der Waals surface area contributed by atoms with E-state index in [1.54, 1.807) is 7.11 Å². The van der Waals surface area contributed by atoms with Crippen molar-refractivity contribution >= 4 is 0 Å². The van der Waals surface area contributed by atoms with Crippen LogP contribution in [0.1, 0.15) is 46.0 Å². The molecule has 0 atom stereocenters. The summed E-state index contributed by atoms with van der Waals surface area (Å²) in [6, 6.07) is 0. The first kappa shape index (κ1) is 13.8. The highest BCUT2D eigenvalue weighted by Gasteiger charge is 2.44. The Bertz CT molecular complexity index is 231. The average Bonchev–Trinajstić information content (AvgIpc) is 2.22. The Balaban J connectivity index is 2.67. The van der Waals surface area contributed by atoms with E-state index < -0.39 is 5.92 Å². The van der Waals surface area contributed by atoms with Gasteiger partial charge in [-0.3, -0.25) is 0 Å². The molecule has 0 aliphatic heterocycles. The lowest BCUT2D eigenvalue weighted by molar-refractivity contribution is -0.0898. The summed E-state index contributed by atoms with van der Waals surface area (Å²) in [5, 5.41) is 0. The number of nitrogens with two attached hydrogens (primary N) is 1. The monoisotopic (exact) mass is 235 g/mol. The summed E-state index contributed by atoms with van der Waals surface area (Å²) in [7, 11) is 1.65. The third-order valence-corrected chi connectivity index (χ3v) is 3.83. The van der Waals surface area contributed by atoms with Crippen LogP contribution in [0.2, 0.25) is 0 Å². The SMILES string of the molecule is COC(C)(C)CC1(CN)CCC(F)(F)CC1. The van der Waals surface area contributed by atoms with Crippen molar-refractivity contribution in [3.63, 3.8) is 0 Å². The van der Waals surface area contributed by atoms with Gasteiger partial charge in [0.15, 0.2) is 0 Å². The van der Waals surface area contributed by atoms with Gasteiger partial charge in [-0.1, -0.05) is 0 Å². The van der Waals surface area contributed by atoms with Crippen molar-refractivity contribution in [1.29, 1.82) is 0 Å². The standard InChI is InChI=1S/C12H23F2NO/c1-10(2,16-3)8-11(9-15)4-6-12(13,14)7-5-11/h4-9,15H2,1-3H3. The maximum absolute atomic E-state index is 13.1. The Morgan fingerprint density at radius 2 is 1.69 bits per heavy atom. The smallest absolute Gasteiger partial charge is 0.248 e. The zero-order valence-electron chi connectivity index (χ0n) is 10.5. The number of rotatable bonds is 4. The second-order valence-electron chi connectivity index (χ2n) is 5.70. The van der Waals surface area contributed by atoms with E-state index in [9.17, 15) is 8.78 Å². The predicted octanol–water partition coefficient (Wildman–Crippen LogP) is 2.96. The van der Waals surface area contributed by atoms with Gasteiger partial charge < -0.3 is 10.5 Å². The molecule has 0 heterocycles. The number of alkyl halides is 2. The molecule has 16 heavy (non-hydrogen) atoms. The normalized spacial score (nSPS) is 24.4. The summed E-state index contributed by atoms with van der Waals surface area (Å²) in [5.74, 6) is -2.49. The van der Waals surface area contributed by atoms with E-state index in [1.807, 2.05) is 13.8 Å². The van der Waals surface area contributed by atoms with Crippen LogP contribution in [0.25, 0.3) is 0 Å². The fraction of sp³-hybridized carbons (Fsp3) is 1.00. The van der Waals surface area contributed by atoms with Gasteiger partial charge >= 0.3 is 0 Å². The zero-order valence-corrected chi connectivity index (χ0v) is 10.5. The van der Waals surface area contributed by atoms with Gasteiger partial charge in [0, 0.05) is 20.0 Å². The van der Waals surface area contributed by atoms with Crippen molar-refractivity contribution in [2.24, 2.45) is 11.1 Å². The maximum Gasteiger partial charge on any atom is 0.248 e. The highest BCUT2D eigenvalue weighted by Crippen LogP contribution is 2.47. The molecule has 0 aromatic heterocycles. The van der Waals surface area contributed by atoms with E-state index in [4.69, 9.17) is 10.5 Å². The zero-order chi connectivity index (χ0) is 12.4. The third kappa shape index (κ3) is 3.39. The molecule has 0 radical (unpaired) electrons. The lowest BCUT2D eigenvalue weighted by Crippen LogP contribution is -2.43. The van der Waals surface area contributed by atoms with Crippen molar-refractivity contribution in [3.05, 3.63) is 0 Å². The first-order chi connectivity index (χ1) is 7.24. The molecule has 0 saturated heterocycles. The van der Waals surface area contributed by atoms with Crippen LogP contribution in [-0.4, -0.2) is 25.2 Å². The molecule has 0 spiro atoms. The fourth-order valence-corrected chi connectivity index (χ4v) is 2.57. The second-order valence-corrected chi connectivity index (χ2v) is 5.70. The number of halogens is 2. The van der Waals surface area contributed by atoms with Crippen molar-refractivity contribution in [3.8, 4) is 0 Å². The van der Waals surface area contributed by atoms with Crippen molar-refractivity contribution in [2.45, 2.75) is 57.5 Å². The Kier molecular flexibility index (Phi) is 3.95. The first-order valence-electron chi connectivity index (χ1n) is 5.87. The van der Waals surface area contributed by atoms with Crippen molar-refractivity contribution in [2.75, 3.05) is 13.7 Å². The molecule has 0 unspecified atom stereocenters. The summed E-state index contributed by atoms with van der Waals surface area (Å²) < 4.78 is 31.6. The summed E-state index contributed by atoms with van der Waals surface area (Å²) in [4.78, 5) is 0. The Morgan fingerprint density at radius 3 is 2.06 bits per heavy atom. The molecule has 0 aromatic rings. The van der Waals surface area contributed by atoms with E-state index in [1.165, 1.54) is 0 Å². The van der Waals surface area contributed by atoms with Crippen LogP contribution in [0, 0.1) is 5.41 Å². The van der Waals surface area contributed by atoms with Gasteiger partial charge in [-0.15, -0.1) is 0 Å². The van der Waals surface area contributed by atoms with Gasteiger partial charge in [-0.05, 0) is 45.1 Å². The van der Waals surface area contributed by atoms with Gasteiger partial charge in [-0.2, -0.15) is 0 Å². The fourth-order valence-electron chi connectivity index (χ4n) is 2.57. The van der Waals surface area contributed by atoms with E-state index in [0.717, 1.165) is 6.42 Å². The molecule has 1 saturated carbocycles. The maximum atomic E-state index is 13.1. The quantitative estimate of drug-likeness (QED) is 0.813. The molecule has 0 aromatic carbocycles. The van der Waals surface area contributed by atoms with Crippen LogP contribution in [0.3, 0.4) is 0 Å². The molecule has 2 N–H and O–H groups in total. The summed E-state index contributed by atoms with van der Waals surface area (Å²) in [6.45, 7) is 4.43. The van der Waals surface area contributed by atoms with Crippen LogP contribution in [0.4, 0.5) is 8.78 Å². The number of ether oxygens (including phenoxy) is 1. The number of methoxy groups -OCH3 is 1. The Labute approximate surface area is 96.5 Å². The molecular weight excluding hydrogens is 212 g/mol. The number of hydrogen-bond acceptors (Lipinski definition) is 2. The third-order valence-electron chi connectivity index (χ3n) is 3.83. The van der Waals surface area contributed by atoms with E-state index in [-0.39, 0.29) is 23.9 Å². The Hall–Kier alpha value is -0.220. The van der Waals surface area contributed by atoms with Crippen LogP contribution >= 0.6 is 0 Å². The number of hydrogen-bond donors (Lipinski definition) is 1. The van der Waals surface area contributed by atoms with Gasteiger partial charge in [0.05, 0.1) is 5.60 Å². The van der Waals surface area contributed by atoms with E-state index in [0.29, 0.717) is 19.4 Å². The van der Waals surface area contributed by atoms with Gasteiger partial charge in [0.1, 0.15) is 0 Å². The highest BCUT2D eigenvalue weighted by molar-refractivity contribution is 4.93. The van der Waals surface area contributed by atoms with Crippen LogP contribution < -0.4 is 5.73 Å². The van der Waals surface area contributed by atoms with E-state index in [2.05, 4.69) is 0 Å². The minimum absolute atomic E-state index is 0.0377. The summed E-state index contributed by atoms with van der Waals surface area (Å²) in [6.07, 6.45) is 1.68. The average molecular weight is 235 g/mol. The minimum atomic E-state index is -2.49. The molecule has 2 nitrogen and oxygen atoms in total. The molecule has 1 aliphatic carbocycles. The summed E-state index contributed by atoms with van der Waals surface area (Å²) >= 11 is 0. The highest BCUT2D eigenvalue weighted by atomic mass is 19.3. The molecule has 1 aliphatic rings. The lowest BCUT2D eigenvalue weighted by Gasteiger charge is -2.43.